The van der Waals surface area contributed by atoms with Crippen molar-refractivity contribution in [2.45, 2.75) is 44.7 Å². The predicted molar refractivity (Wildman–Crippen MR) is 168 cm³/mol. The Balaban J connectivity index is 0.00000451. The number of benzene rings is 1. The molecule has 1 aliphatic carbocycles. The van der Waals surface area contributed by atoms with Crippen LogP contribution in [-0.4, -0.2) is 66.3 Å². The third-order valence-corrected chi connectivity index (χ3v) is 9.47. The molecule has 10 nitrogen and oxygen atoms in total. The van der Waals surface area contributed by atoms with Gasteiger partial charge in [0.25, 0.3) is 0 Å². The maximum absolute atomic E-state index is 13.8. The number of pyridine rings is 2. The van der Waals surface area contributed by atoms with Crippen molar-refractivity contribution in [3.8, 4) is 28.7 Å². The number of alkyl halides is 3. The van der Waals surface area contributed by atoms with Crippen molar-refractivity contribution in [2.75, 3.05) is 50.2 Å². The number of carboxylic acid groups (broad SMARTS) is 1. The monoisotopic (exact) mass is 669 g/mol. The Kier molecular flexibility index (Phi) is 10.7. The molecule has 2 fully saturated rings. The zero-order valence-corrected chi connectivity index (χ0v) is 29.2. The summed E-state index contributed by atoms with van der Waals surface area (Å²) in [6.07, 6.45) is 1.75. The molecule has 246 valence electrons. The van der Waals surface area contributed by atoms with Crippen LogP contribution >= 0.6 is 0 Å². The van der Waals surface area contributed by atoms with E-state index < -0.39 is 29.3 Å². The van der Waals surface area contributed by atoms with E-state index in [0.29, 0.717) is 56.1 Å². The Morgan fingerprint density at radius 3 is 2.44 bits per heavy atom. The van der Waals surface area contributed by atoms with Gasteiger partial charge in [-0.05, 0) is 62.1 Å². The molecule has 1 saturated heterocycles. The normalized spacial score (nSPS) is 16.5. The number of ether oxygens (including phenoxy) is 1. The zero-order valence-electron chi connectivity index (χ0n) is 27.2. The number of rotatable bonds is 9. The number of imidazole rings is 1. The predicted octanol–water partition coefficient (Wildman–Crippen LogP) is 2.19. The molecular formula is C34H35F3N7NaO3. The number of halogens is 3. The summed E-state index contributed by atoms with van der Waals surface area (Å²) >= 11 is 0. The molecular weight excluding hydrogens is 634 g/mol. The number of methoxy groups -OCH3 is 1. The fourth-order valence-electron chi connectivity index (χ4n) is 7.04. The van der Waals surface area contributed by atoms with Crippen LogP contribution in [0.2, 0.25) is 0 Å². The number of anilines is 2. The summed E-state index contributed by atoms with van der Waals surface area (Å²) in [5.41, 5.74) is 1.94. The Hall–Kier alpha value is -3.70. The van der Waals surface area contributed by atoms with Crippen molar-refractivity contribution in [3.05, 3.63) is 53.9 Å². The molecule has 6 rings (SSSR count). The first-order chi connectivity index (χ1) is 22.5. The molecule has 0 radical (unpaired) electrons. The van der Waals surface area contributed by atoms with E-state index >= 15 is 0 Å². The Labute approximate surface area is 298 Å². The summed E-state index contributed by atoms with van der Waals surface area (Å²) in [5, 5.41) is 20.5. The van der Waals surface area contributed by atoms with Gasteiger partial charge in [-0.15, -0.1) is 0 Å². The van der Waals surface area contributed by atoms with Gasteiger partial charge in [0.1, 0.15) is 17.4 Å². The molecule has 1 saturated carbocycles. The molecule has 0 unspecified atom stereocenters. The second kappa shape index (κ2) is 14.4. The molecule has 1 aliphatic heterocycles. The number of H-pyrrole nitrogens is 1. The second-order valence-corrected chi connectivity index (χ2v) is 12.7. The molecule has 0 amide bonds. The van der Waals surface area contributed by atoms with Crippen LogP contribution in [0.15, 0.2) is 42.6 Å². The van der Waals surface area contributed by atoms with E-state index in [0.717, 1.165) is 48.7 Å². The van der Waals surface area contributed by atoms with E-state index in [1.54, 1.807) is 13.2 Å². The number of aliphatic carboxylic acids is 1. The molecule has 1 aromatic carbocycles. The van der Waals surface area contributed by atoms with Crippen LogP contribution in [0.25, 0.3) is 33.8 Å². The van der Waals surface area contributed by atoms with Gasteiger partial charge in [-0.1, -0.05) is 12.8 Å². The Morgan fingerprint density at radius 2 is 1.83 bits per heavy atom. The van der Waals surface area contributed by atoms with Crippen molar-refractivity contribution < 1.29 is 57.4 Å². The van der Waals surface area contributed by atoms with E-state index in [9.17, 15) is 28.3 Å². The molecule has 14 heteroatoms. The van der Waals surface area contributed by atoms with Gasteiger partial charge in [-0.2, -0.15) is 18.4 Å². The molecule has 0 atom stereocenters. The second-order valence-electron chi connectivity index (χ2n) is 12.7. The fraction of sp³-hybridized carbons (Fsp3) is 0.441. The van der Waals surface area contributed by atoms with E-state index in [4.69, 9.17) is 9.72 Å². The van der Waals surface area contributed by atoms with Gasteiger partial charge in [0.15, 0.2) is 11.3 Å². The minimum atomic E-state index is -4.76. The van der Waals surface area contributed by atoms with Gasteiger partial charge in [0.05, 0.1) is 23.6 Å². The SMILES string of the molecule is COCC1(CN(C)c2cc(-c3cnc(C#N)c(C(F)(F)F)c3)nc3nc(-c4ccc(N5CCC(C(=O)[O-])CC5)cc4)[nH]c23)CCCC1.[Na+]. The van der Waals surface area contributed by atoms with Gasteiger partial charge in [-0.3, -0.25) is 0 Å². The van der Waals surface area contributed by atoms with Crippen LogP contribution in [0.3, 0.4) is 0 Å². The number of aromatic amines is 1. The number of fused-ring (bicyclic) bond motifs is 1. The molecule has 4 heterocycles. The number of nitrogens with zero attached hydrogens (tertiary/aromatic N) is 6. The van der Waals surface area contributed by atoms with Crippen molar-refractivity contribution in [3.63, 3.8) is 0 Å². The van der Waals surface area contributed by atoms with E-state index in [-0.39, 0.29) is 46.2 Å². The van der Waals surface area contributed by atoms with Gasteiger partial charge < -0.3 is 29.4 Å². The summed E-state index contributed by atoms with van der Waals surface area (Å²) in [4.78, 5) is 32.1. The number of nitriles is 1. The number of hydrogen-bond acceptors (Lipinski definition) is 9. The van der Waals surface area contributed by atoms with E-state index in [1.165, 1.54) is 12.3 Å². The van der Waals surface area contributed by atoms with Crippen molar-refractivity contribution >= 4 is 28.5 Å². The van der Waals surface area contributed by atoms with Crippen molar-refractivity contribution in [1.29, 1.82) is 5.26 Å². The largest absolute Gasteiger partial charge is 1.00 e. The van der Waals surface area contributed by atoms with Crippen LogP contribution in [0, 0.1) is 22.7 Å². The molecule has 48 heavy (non-hydrogen) atoms. The van der Waals surface area contributed by atoms with E-state index in [1.807, 2.05) is 31.3 Å². The molecule has 0 bridgehead atoms. The smallest absolute Gasteiger partial charge is 0.550 e. The minimum absolute atomic E-state index is 0. The third-order valence-electron chi connectivity index (χ3n) is 9.47. The summed E-state index contributed by atoms with van der Waals surface area (Å²) in [7, 11) is 3.65. The van der Waals surface area contributed by atoms with Crippen LogP contribution in [0.1, 0.15) is 49.8 Å². The van der Waals surface area contributed by atoms with Gasteiger partial charge in [0, 0.05) is 74.1 Å². The van der Waals surface area contributed by atoms with Crippen molar-refractivity contribution in [1.82, 2.24) is 19.9 Å². The van der Waals surface area contributed by atoms with Gasteiger partial charge in [0.2, 0.25) is 0 Å². The number of piperidine rings is 1. The number of aromatic nitrogens is 4. The third kappa shape index (κ3) is 7.32. The molecule has 2 aliphatic rings. The average molecular weight is 670 g/mol. The fourth-order valence-corrected chi connectivity index (χ4v) is 7.04. The van der Waals surface area contributed by atoms with Gasteiger partial charge in [-0.25, -0.2) is 15.0 Å². The maximum atomic E-state index is 13.8. The number of carbonyl (C=O) groups excluding carboxylic acids is 1. The van der Waals surface area contributed by atoms with Crippen LogP contribution < -0.4 is 44.5 Å². The average Bonchev–Trinajstić information content (AvgIpc) is 3.71. The van der Waals surface area contributed by atoms with E-state index in [2.05, 4.69) is 24.8 Å². The Bertz CT molecular complexity index is 1810. The summed E-state index contributed by atoms with van der Waals surface area (Å²) < 4.78 is 47.1. The summed E-state index contributed by atoms with van der Waals surface area (Å²) in [6, 6.07) is 12.0. The first-order valence-corrected chi connectivity index (χ1v) is 15.6. The Morgan fingerprint density at radius 1 is 1.15 bits per heavy atom. The number of nitrogens with one attached hydrogen (secondary N) is 1. The first-order valence-electron chi connectivity index (χ1n) is 15.6. The van der Waals surface area contributed by atoms with Crippen molar-refractivity contribution in [2.24, 2.45) is 11.3 Å². The number of carbonyl (C=O) groups is 1. The first kappa shape index (κ1) is 35.6. The van der Waals surface area contributed by atoms with Gasteiger partial charge >= 0.3 is 35.7 Å². The molecule has 0 spiro atoms. The molecule has 4 aromatic rings. The quantitative estimate of drug-likeness (QED) is 0.266. The minimum Gasteiger partial charge on any atom is -0.550 e. The van der Waals surface area contributed by atoms with Crippen LogP contribution in [0.4, 0.5) is 24.5 Å². The number of carboxylic acids is 1. The van der Waals surface area contributed by atoms with Crippen LogP contribution in [-0.2, 0) is 15.7 Å². The standard InChI is InChI=1S/C34H36F3N7O3.Na/c1-43(19-33(20-47-2)11-3-4-12-33)28-16-26(23-15-25(34(35,36)37)27(17-38)39-18-23)40-31-29(28)41-30(42-31)21-5-7-24(8-6-21)44-13-9-22(10-14-44)32(45)46;/h5-8,15-16,18,22H,3-4,9-14,19-20H2,1-2H3,(H,45,46)(H,40,41,42);/q;+1/p-1. The maximum Gasteiger partial charge on any atom is 1.00 e. The zero-order chi connectivity index (χ0) is 33.3. The summed E-state index contributed by atoms with van der Waals surface area (Å²) in [5.74, 6) is -0.883. The molecule has 1 N–H and O–H groups in total. The summed E-state index contributed by atoms with van der Waals surface area (Å²) in [6.45, 7) is 2.50. The number of hydrogen-bond donors (Lipinski definition) is 1. The molecule has 3 aromatic heterocycles. The van der Waals surface area contributed by atoms with Crippen LogP contribution in [0.5, 0.6) is 0 Å². The topological polar surface area (TPSA) is 134 Å².